The summed E-state index contributed by atoms with van der Waals surface area (Å²) in [5.74, 6) is 0.490. The molecular weight excluding hydrogens is 500 g/mol. The van der Waals surface area contributed by atoms with Gasteiger partial charge in [0.2, 0.25) is 5.91 Å². The Hall–Kier alpha value is -3.23. The van der Waals surface area contributed by atoms with Crippen LogP contribution in [0, 0.1) is 6.92 Å². The van der Waals surface area contributed by atoms with E-state index in [-0.39, 0.29) is 29.5 Å². The van der Waals surface area contributed by atoms with E-state index in [1.54, 1.807) is 24.3 Å². The zero-order valence-corrected chi connectivity index (χ0v) is 22.2. The monoisotopic (exact) mass is 530 g/mol. The number of halogens is 1. The fourth-order valence-electron chi connectivity index (χ4n) is 3.58. The number of ether oxygens (including phenoxy) is 2. The van der Waals surface area contributed by atoms with Crippen LogP contribution in [0.2, 0.25) is 5.02 Å². The van der Waals surface area contributed by atoms with E-state index in [1.807, 2.05) is 31.2 Å². The first-order chi connectivity index (χ1) is 17.2. The molecule has 0 aliphatic rings. The fraction of sp³-hybridized carbons (Fsp3) is 0.296. The number of benzene rings is 3. The molecule has 0 bridgehead atoms. The van der Waals surface area contributed by atoms with E-state index < -0.39 is 22.5 Å². The molecule has 192 valence electrons. The predicted molar refractivity (Wildman–Crippen MR) is 143 cm³/mol. The maximum absolute atomic E-state index is 13.6. The molecule has 7 nitrogen and oxygen atoms in total. The number of hydrogen-bond donors (Lipinski definition) is 1. The average Bonchev–Trinajstić information content (AvgIpc) is 2.86. The maximum atomic E-state index is 13.6. The zero-order valence-electron chi connectivity index (χ0n) is 20.7. The Morgan fingerprint density at radius 2 is 1.72 bits per heavy atom. The SMILES string of the molecule is CCCc1ccc(OCCNC(=O)CN(c2cc(Cl)ccc2OC)S(=O)(=O)c2ccc(C)cc2)cc1. The van der Waals surface area contributed by atoms with Gasteiger partial charge in [0.25, 0.3) is 10.0 Å². The molecule has 0 atom stereocenters. The van der Waals surface area contributed by atoms with Crippen molar-refractivity contribution < 1.29 is 22.7 Å². The summed E-state index contributed by atoms with van der Waals surface area (Å²) in [7, 11) is -2.67. The number of hydrogen-bond acceptors (Lipinski definition) is 5. The van der Waals surface area contributed by atoms with Gasteiger partial charge in [0.05, 0.1) is 24.2 Å². The van der Waals surface area contributed by atoms with Crippen LogP contribution in [-0.4, -0.2) is 41.1 Å². The van der Waals surface area contributed by atoms with Gasteiger partial charge in [-0.25, -0.2) is 8.42 Å². The lowest BCUT2D eigenvalue weighted by Gasteiger charge is -2.26. The molecule has 1 amide bonds. The number of nitrogens with zero attached hydrogens (tertiary/aromatic N) is 1. The number of nitrogens with one attached hydrogen (secondary N) is 1. The van der Waals surface area contributed by atoms with E-state index in [1.165, 1.54) is 30.9 Å². The number of aryl methyl sites for hydroxylation is 2. The van der Waals surface area contributed by atoms with Crippen molar-refractivity contribution in [2.45, 2.75) is 31.6 Å². The van der Waals surface area contributed by atoms with Crippen LogP contribution in [-0.2, 0) is 21.2 Å². The molecule has 0 unspecified atom stereocenters. The molecular formula is C27H31ClN2O5S. The number of amides is 1. The van der Waals surface area contributed by atoms with Crippen LogP contribution in [0.4, 0.5) is 5.69 Å². The Labute approximate surface area is 218 Å². The van der Waals surface area contributed by atoms with Crippen LogP contribution in [0.15, 0.2) is 71.6 Å². The van der Waals surface area contributed by atoms with Gasteiger partial charge in [-0.3, -0.25) is 9.10 Å². The van der Waals surface area contributed by atoms with E-state index in [0.29, 0.717) is 10.8 Å². The molecule has 0 aliphatic carbocycles. The third kappa shape index (κ3) is 7.15. The molecule has 3 rings (SSSR count). The lowest BCUT2D eigenvalue weighted by Crippen LogP contribution is -2.42. The van der Waals surface area contributed by atoms with Crippen molar-refractivity contribution in [2.24, 2.45) is 0 Å². The van der Waals surface area contributed by atoms with Gasteiger partial charge in [0.15, 0.2) is 0 Å². The molecule has 9 heteroatoms. The molecule has 0 radical (unpaired) electrons. The topological polar surface area (TPSA) is 84.9 Å². The number of carbonyl (C=O) groups excluding carboxylic acids is 1. The fourth-order valence-corrected chi connectivity index (χ4v) is 5.17. The van der Waals surface area contributed by atoms with Crippen molar-refractivity contribution in [2.75, 3.05) is 31.1 Å². The molecule has 3 aromatic rings. The molecule has 0 saturated heterocycles. The minimum atomic E-state index is -4.10. The van der Waals surface area contributed by atoms with Gasteiger partial charge in [-0.05, 0) is 61.4 Å². The number of rotatable bonds is 12. The molecule has 0 aliphatic heterocycles. The van der Waals surface area contributed by atoms with E-state index in [9.17, 15) is 13.2 Å². The summed E-state index contributed by atoms with van der Waals surface area (Å²) in [5.41, 5.74) is 2.33. The first-order valence-corrected chi connectivity index (χ1v) is 13.5. The summed E-state index contributed by atoms with van der Waals surface area (Å²) in [6.45, 7) is 3.98. The Morgan fingerprint density at radius 1 is 1.03 bits per heavy atom. The molecule has 3 aromatic carbocycles. The first-order valence-electron chi connectivity index (χ1n) is 11.7. The van der Waals surface area contributed by atoms with E-state index in [2.05, 4.69) is 12.2 Å². The van der Waals surface area contributed by atoms with Gasteiger partial charge in [0.1, 0.15) is 24.7 Å². The molecule has 0 fully saturated rings. The minimum absolute atomic E-state index is 0.0535. The van der Waals surface area contributed by atoms with Crippen LogP contribution in [0.25, 0.3) is 0 Å². The van der Waals surface area contributed by atoms with Crippen LogP contribution in [0.3, 0.4) is 0 Å². The third-order valence-corrected chi connectivity index (χ3v) is 7.47. The largest absolute Gasteiger partial charge is 0.495 e. The Balaban J connectivity index is 1.73. The van der Waals surface area contributed by atoms with Gasteiger partial charge in [-0.1, -0.05) is 54.8 Å². The van der Waals surface area contributed by atoms with Crippen LogP contribution >= 0.6 is 11.6 Å². The standard InChI is InChI=1S/C27H31ClN2O5S/c1-4-5-21-8-11-23(12-9-21)35-17-16-29-27(31)19-30(25-18-22(28)10-15-26(25)34-3)36(32,33)24-13-6-20(2)7-14-24/h6-15,18H,4-5,16-17,19H2,1-3H3,(H,29,31). The molecule has 0 heterocycles. The zero-order chi connectivity index (χ0) is 26.1. The summed E-state index contributed by atoms with van der Waals surface area (Å²) < 4.78 is 39.2. The number of anilines is 1. The number of methoxy groups -OCH3 is 1. The molecule has 0 aromatic heterocycles. The quantitative estimate of drug-likeness (QED) is 0.333. The van der Waals surface area contributed by atoms with Crippen molar-refractivity contribution >= 4 is 33.2 Å². The summed E-state index contributed by atoms with van der Waals surface area (Å²) in [6.07, 6.45) is 2.08. The van der Waals surface area contributed by atoms with E-state index in [4.69, 9.17) is 21.1 Å². The van der Waals surface area contributed by atoms with Crippen molar-refractivity contribution in [3.8, 4) is 11.5 Å². The van der Waals surface area contributed by atoms with Crippen molar-refractivity contribution in [3.63, 3.8) is 0 Å². The van der Waals surface area contributed by atoms with E-state index >= 15 is 0 Å². The second kappa shape index (κ2) is 12.6. The van der Waals surface area contributed by atoms with Crippen molar-refractivity contribution in [3.05, 3.63) is 82.9 Å². The summed E-state index contributed by atoms with van der Waals surface area (Å²) in [6, 6.07) is 18.9. The lowest BCUT2D eigenvalue weighted by atomic mass is 10.1. The smallest absolute Gasteiger partial charge is 0.264 e. The van der Waals surface area contributed by atoms with Gasteiger partial charge >= 0.3 is 0 Å². The van der Waals surface area contributed by atoms with Gasteiger partial charge in [-0.15, -0.1) is 0 Å². The van der Waals surface area contributed by atoms with Crippen LogP contribution < -0.4 is 19.1 Å². The van der Waals surface area contributed by atoms with Gasteiger partial charge < -0.3 is 14.8 Å². The highest BCUT2D eigenvalue weighted by Gasteiger charge is 2.29. The Bertz CT molecular complexity index is 1260. The average molecular weight is 531 g/mol. The normalized spacial score (nSPS) is 11.1. The van der Waals surface area contributed by atoms with Gasteiger partial charge in [-0.2, -0.15) is 0 Å². The first kappa shape index (κ1) is 27.4. The summed E-state index contributed by atoms with van der Waals surface area (Å²) in [5, 5.41) is 3.04. The van der Waals surface area contributed by atoms with Crippen molar-refractivity contribution in [1.29, 1.82) is 0 Å². The van der Waals surface area contributed by atoms with Gasteiger partial charge in [0, 0.05) is 5.02 Å². The second-order valence-electron chi connectivity index (χ2n) is 8.23. The molecule has 36 heavy (non-hydrogen) atoms. The third-order valence-electron chi connectivity index (χ3n) is 5.46. The second-order valence-corrected chi connectivity index (χ2v) is 10.5. The van der Waals surface area contributed by atoms with E-state index in [0.717, 1.165) is 22.7 Å². The highest BCUT2D eigenvalue weighted by atomic mass is 35.5. The molecule has 1 N–H and O–H groups in total. The minimum Gasteiger partial charge on any atom is -0.495 e. The van der Waals surface area contributed by atoms with Crippen molar-refractivity contribution in [1.82, 2.24) is 5.32 Å². The van der Waals surface area contributed by atoms with Crippen LogP contribution in [0.1, 0.15) is 24.5 Å². The van der Waals surface area contributed by atoms with Crippen LogP contribution in [0.5, 0.6) is 11.5 Å². The highest BCUT2D eigenvalue weighted by Crippen LogP contribution is 2.34. The number of sulfonamides is 1. The molecule has 0 spiro atoms. The predicted octanol–water partition coefficient (Wildman–Crippen LogP) is 5.00. The molecule has 0 saturated carbocycles. The Morgan fingerprint density at radius 3 is 2.36 bits per heavy atom. The lowest BCUT2D eigenvalue weighted by molar-refractivity contribution is -0.119. The number of carbonyl (C=O) groups is 1. The summed E-state index contributed by atoms with van der Waals surface area (Å²) in [4.78, 5) is 12.9. The highest BCUT2D eigenvalue weighted by molar-refractivity contribution is 7.92. The summed E-state index contributed by atoms with van der Waals surface area (Å²) >= 11 is 6.17. The Kier molecular flexibility index (Phi) is 9.61. The maximum Gasteiger partial charge on any atom is 0.264 e.